The number of benzene rings is 1. The van der Waals surface area contributed by atoms with Crippen molar-refractivity contribution < 1.29 is 23.0 Å². The Morgan fingerprint density at radius 1 is 1.19 bits per heavy atom. The zero-order chi connectivity index (χ0) is 23.1. The highest BCUT2D eigenvalue weighted by molar-refractivity contribution is 9.10. The average Bonchev–Trinajstić information content (AvgIpc) is 2.67. The Bertz CT molecular complexity index is 1140. The molecule has 3 rings (SSSR count). The third-order valence-electron chi connectivity index (χ3n) is 4.87. The molecular weight excluding hydrogens is 477 g/mol. The van der Waals surface area contributed by atoms with E-state index in [1.165, 1.54) is 19.2 Å². The van der Waals surface area contributed by atoms with Crippen LogP contribution >= 0.6 is 15.9 Å². The maximum absolute atomic E-state index is 15.1. The fraction of sp³-hybridized carbons (Fsp3) is 0.381. The van der Waals surface area contributed by atoms with E-state index in [4.69, 9.17) is 4.74 Å². The zero-order valence-corrected chi connectivity index (χ0v) is 19.2. The van der Waals surface area contributed by atoms with Crippen LogP contribution in [0.1, 0.15) is 43.8 Å². The van der Waals surface area contributed by atoms with Crippen LogP contribution in [-0.4, -0.2) is 32.8 Å². The van der Waals surface area contributed by atoms with Crippen molar-refractivity contribution in [3.63, 3.8) is 0 Å². The van der Waals surface area contributed by atoms with Gasteiger partial charge in [-0.05, 0) is 55.8 Å². The van der Waals surface area contributed by atoms with Crippen molar-refractivity contribution >= 4 is 32.8 Å². The molecule has 0 fully saturated rings. The van der Waals surface area contributed by atoms with Gasteiger partial charge in [0.15, 0.2) is 5.65 Å². The molecule has 1 aromatic carbocycles. The minimum atomic E-state index is -3.78. The van der Waals surface area contributed by atoms with Crippen LogP contribution in [-0.2, 0) is 5.92 Å². The van der Waals surface area contributed by atoms with Gasteiger partial charge in [-0.25, -0.2) is 14.4 Å². The molecule has 3 aromatic rings. The lowest BCUT2D eigenvalue weighted by molar-refractivity contribution is -0.170. The number of hydrogen-bond donors (Lipinski definition) is 2. The van der Waals surface area contributed by atoms with Gasteiger partial charge in [0, 0.05) is 5.56 Å². The zero-order valence-electron chi connectivity index (χ0n) is 17.6. The van der Waals surface area contributed by atoms with Crippen molar-refractivity contribution in [1.82, 2.24) is 15.0 Å². The van der Waals surface area contributed by atoms with Crippen LogP contribution in [0.5, 0.6) is 5.88 Å². The van der Waals surface area contributed by atoms with E-state index in [0.29, 0.717) is 33.0 Å². The van der Waals surface area contributed by atoms with E-state index in [1.54, 1.807) is 19.9 Å². The van der Waals surface area contributed by atoms with Crippen molar-refractivity contribution in [1.29, 1.82) is 0 Å². The number of nitrogens with one attached hydrogen (secondary N) is 1. The Kier molecular flexibility index (Phi) is 6.16. The van der Waals surface area contributed by atoms with Crippen molar-refractivity contribution in [2.75, 3.05) is 12.4 Å². The minimum absolute atomic E-state index is 0.00590. The smallest absolute Gasteiger partial charge is 0.303 e. The van der Waals surface area contributed by atoms with Crippen LogP contribution in [0.2, 0.25) is 0 Å². The molecular formula is C21H22BrF3N4O2. The molecule has 6 nitrogen and oxygen atoms in total. The Morgan fingerprint density at radius 3 is 2.48 bits per heavy atom. The highest BCUT2D eigenvalue weighted by Crippen LogP contribution is 2.41. The summed E-state index contributed by atoms with van der Waals surface area (Å²) in [6.45, 7) is 5.18. The van der Waals surface area contributed by atoms with Crippen molar-refractivity contribution in [2.24, 2.45) is 0 Å². The van der Waals surface area contributed by atoms with Gasteiger partial charge >= 0.3 is 5.92 Å². The molecule has 2 heterocycles. The number of aryl methyl sites for hydroxylation is 1. The third-order valence-corrected chi connectivity index (χ3v) is 5.44. The SMILES string of the molecule is COc1nc2nc(C)nc(N[C@H](C)c3cccc(C(F)(F)C(C)(C)O)c3F)c2cc1Br. The standard InChI is InChI=1S/C21H22BrF3N4O2/c1-10(12-7-6-8-14(16(12)23)21(24,25)20(3,4)30)26-17-13-9-15(22)19(31-5)29-18(13)28-11(2)27-17/h6-10,30H,1-5H3,(H,26,27,28,29)/t10-/m1/s1. The normalized spacial score (nSPS) is 13.4. The molecule has 10 heteroatoms. The summed E-state index contributed by atoms with van der Waals surface area (Å²) in [6.07, 6.45) is 0. The summed E-state index contributed by atoms with van der Waals surface area (Å²) in [5, 5.41) is 13.4. The molecule has 31 heavy (non-hydrogen) atoms. The van der Waals surface area contributed by atoms with Gasteiger partial charge in [-0.15, -0.1) is 0 Å². The molecule has 2 aromatic heterocycles. The van der Waals surface area contributed by atoms with Gasteiger partial charge in [0.1, 0.15) is 23.1 Å². The Morgan fingerprint density at radius 2 is 1.87 bits per heavy atom. The lowest BCUT2D eigenvalue weighted by Crippen LogP contribution is -2.41. The number of alkyl halides is 2. The fourth-order valence-corrected chi connectivity index (χ4v) is 3.59. The number of pyridine rings is 1. The summed E-state index contributed by atoms with van der Waals surface area (Å²) >= 11 is 3.37. The fourth-order valence-electron chi connectivity index (χ4n) is 3.11. The molecule has 0 aliphatic heterocycles. The number of rotatable bonds is 6. The Balaban J connectivity index is 2.05. The molecule has 2 N–H and O–H groups in total. The van der Waals surface area contributed by atoms with Crippen molar-refractivity contribution in [2.45, 2.75) is 45.3 Å². The summed E-state index contributed by atoms with van der Waals surface area (Å²) in [6, 6.07) is 4.70. The molecule has 0 aliphatic carbocycles. The number of aliphatic hydroxyl groups is 1. The van der Waals surface area contributed by atoms with Crippen LogP contribution in [0.25, 0.3) is 11.0 Å². The number of ether oxygens (including phenoxy) is 1. The van der Waals surface area contributed by atoms with E-state index in [1.807, 2.05) is 0 Å². The van der Waals surface area contributed by atoms with Crippen molar-refractivity contribution in [3.8, 4) is 5.88 Å². The quantitative estimate of drug-likeness (QED) is 0.481. The maximum atomic E-state index is 15.1. The highest BCUT2D eigenvalue weighted by Gasteiger charge is 2.49. The lowest BCUT2D eigenvalue weighted by Gasteiger charge is -2.30. The maximum Gasteiger partial charge on any atom is 0.303 e. The number of aromatic nitrogens is 3. The number of halogens is 4. The summed E-state index contributed by atoms with van der Waals surface area (Å²) < 4.78 is 50.1. The van der Waals surface area contributed by atoms with Gasteiger partial charge < -0.3 is 15.2 Å². The second-order valence-electron chi connectivity index (χ2n) is 7.68. The third kappa shape index (κ3) is 4.31. The molecule has 0 saturated carbocycles. The second kappa shape index (κ2) is 8.23. The largest absolute Gasteiger partial charge is 0.480 e. The number of methoxy groups -OCH3 is 1. The topological polar surface area (TPSA) is 80.2 Å². The summed E-state index contributed by atoms with van der Waals surface area (Å²) in [4.78, 5) is 13.0. The average molecular weight is 499 g/mol. The molecule has 0 amide bonds. The van der Waals surface area contributed by atoms with Crippen LogP contribution in [0.15, 0.2) is 28.7 Å². The van der Waals surface area contributed by atoms with Crippen molar-refractivity contribution in [3.05, 3.63) is 51.5 Å². The van der Waals surface area contributed by atoms with E-state index in [0.717, 1.165) is 19.9 Å². The lowest BCUT2D eigenvalue weighted by atomic mass is 9.91. The second-order valence-corrected chi connectivity index (χ2v) is 8.53. The van der Waals surface area contributed by atoms with E-state index >= 15 is 4.39 Å². The van der Waals surface area contributed by atoms with Gasteiger partial charge in [-0.1, -0.05) is 12.1 Å². The molecule has 0 saturated heterocycles. The Labute approximate surface area is 186 Å². The first-order chi connectivity index (χ1) is 14.4. The predicted octanol–water partition coefficient (Wildman–Crippen LogP) is 5.28. The van der Waals surface area contributed by atoms with Crippen LogP contribution < -0.4 is 10.1 Å². The van der Waals surface area contributed by atoms with Crippen LogP contribution in [0.3, 0.4) is 0 Å². The minimum Gasteiger partial charge on any atom is -0.480 e. The number of fused-ring (bicyclic) bond motifs is 1. The summed E-state index contributed by atoms with van der Waals surface area (Å²) in [7, 11) is 1.48. The van der Waals surface area contributed by atoms with Gasteiger partial charge in [-0.2, -0.15) is 13.8 Å². The van der Waals surface area contributed by atoms with E-state index < -0.39 is 28.9 Å². The molecule has 166 valence electrons. The summed E-state index contributed by atoms with van der Waals surface area (Å²) in [5.41, 5.74) is -2.93. The number of hydrogen-bond acceptors (Lipinski definition) is 6. The van der Waals surface area contributed by atoms with E-state index in [-0.39, 0.29) is 5.56 Å². The van der Waals surface area contributed by atoms with Gasteiger partial charge in [0.2, 0.25) is 5.88 Å². The molecule has 0 radical (unpaired) electrons. The highest BCUT2D eigenvalue weighted by atomic mass is 79.9. The molecule has 1 atom stereocenters. The molecule has 0 bridgehead atoms. The predicted molar refractivity (Wildman–Crippen MR) is 115 cm³/mol. The summed E-state index contributed by atoms with van der Waals surface area (Å²) in [5.74, 6) is -3.74. The van der Waals surface area contributed by atoms with Gasteiger partial charge in [0.05, 0.1) is 28.6 Å². The van der Waals surface area contributed by atoms with E-state index in [2.05, 4.69) is 36.2 Å². The van der Waals surface area contributed by atoms with Gasteiger partial charge in [-0.3, -0.25) is 0 Å². The first-order valence-corrected chi connectivity index (χ1v) is 10.2. The van der Waals surface area contributed by atoms with Crippen LogP contribution in [0, 0.1) is 12.7 Å². The van der Waals surface area contributed by atoms with Crippen LogP contribution in [0.4, 0.5) is 19.0 Å². The van der Waals surface area contributed by atoms with Gasteiger partial charge in [0.25, 0.3) is 0 Å². The number of nitrogens with zero attached hydrogens (tertiary/aromatic N) is 3. The monoisotopic (exact) mass is 498 g/mol. The molecule has 0 spiro atoms. The molecule has 0 unspecified atom stereocenters. The number of anilines is 1. The molecule has 0 aliphatic rings. The van der Waals surface area contributed by atoms with E-state index in [9.17, 15) is 13.9 Å². The Hall–Kier alpha value is -2.46. The first kappa shape index (κ1) is 23.2. The first-order valence-electron chi connectivity index (χ1n) is 9.41.